The Morgan fingerprint density at radius 1 is 1.40 bits per heavy atom. The molecule has 0 aliphatic carbocycles. The van der Waals surface area contributed by atoms with E-state index < -0.39 is 6.04 Å². The highest BCUT2D eigenvalue weighted by Crippen LogP contribution is 2.25. The first-order valence-electron chi connectivity index (χ1n) is 6.96. The molecule has 0 unspecified atom stereocenters. The highest BCUT2D eigenvalue weighted by atomic mass is 16.5. The molecule has 1 aromatic rings. The van der Waals surface area contributed by atoms with Crippen LogP contribution in [0.25, 0.3) is 0 Å². The lowest BCUT2D eigenvalue weighted by molar-refractivity contribution is -0.123. The van der Waals surface area contributed by atoms with Gasteiger partial charge < -0.3 is 15.8 Å². The number of nitrogens with two attached hydrogens (primary N) is 1. The van der Waals surface area contributed by atoms with Crippen LogP contribution in [0.2, 0.25) is 0 Å². The van der Waals surface area contributed by atoms with Gasteiger partial charge in [-0.1, -0.05) is 39.8 Å². The zero-order valence-electron chi connectivity index (χ0n) is 13.1. The van der Waals surface area contributed by atoms with Crippen molar-refractivity contribution in [2.24, 2.45) is 11.7 Å². The van der Waals surface area contributed by atoms with Crippen LogP contribution >= 0.6 is 0 Å². The first-order valence-corrected chi connectivity index (χ1v) is 6.96. The van der Waals surface area contributed by atoms with E-state index in [9.17, 15) is 4.79 Å². The molecule has 4 heteroatoms. The van der Waals surface area contributed by atoms with Gasteiger partial charge in [-0.2, -0.15) is 0 Å². The zero-order valence-corrected chi connectivity index (χ0v) is 13.1. The summed E-state index contributed by atoms with van der Waals surface area (Å²) in [5.74, 6) is 0.853. The lowest BCUT2D eigenvalue weighted by Crippen LogP contribution is -2.47. The minimum Gasteiger partial charge on any atom is -0.497 e. The Hall–Kier alpha value is -1.55. The fourth-order valence-electron chi connectivity index (χ4n) is 1.87. The molecule has 1 aromatic carbocycles. The van der Waals surface area contributed by atoms with E-state index >= 15 is 0 Å². The number of hydrogen-bond donors (Lipinski definition) is 2. The van der Waals surface area contributed by atoms with Gasteiger partial charge >= 0.3 is 0 Å². The van der Waals surface area contributed by atoms with Gasteiger partial charge in [-0.3, -0.25) is 4.79 Å². The molecule has 112 valence electrons. The van der Waals surface area contributed by atoms with Crippen LogP contribution in [-0.4, -0.2) is 25.6 Å². The Labute approximate surface area is 121 Å². The summed E-state index contributed by atoms with van der Waals surface area (Å²) >= 11 is 0. The van der Waals surface area contributed by atoms with Gasteiger partial charge in [-0.15, -0.1) is 0 Å². The first kappa shape index (κ1) is 16.5. The predicted molar refractivity (Wildman–Crippen MR) is 81.8 cm³/mol. The van der Waals surface area contributed by atoms with Crippen molar-refractivity contribution in [3.05, 3.63) is 29.8 Å². The largest absolute Gasteiger partial charge is 0.497 e. The maximum absolute atomic E-state index is 11.9. The molecule has 1 rings (SSSR count). The second-order valence-electron chi connectivity index (χ2n) is 6.10. The SMILES string of the molecule is COc1cccc(C(C)(C)CNC(=O)[C@@H](N)C(C)C)c1. The molecule has 0 aliphatic heterocycles. The highest BCUT2D eigenvalue weighted by molar-refractivity contribution is 5.81. The number of carbonyl (C=O) groups is 1. The number of benzene rings is 1. The summed E-state index contributed by atoms with van der Waals surface area (Å²) in [5.41, 5.74) is 6.78. The van der Waals surface area contributed by atoms with Crippen LogP contribution in [-0.2, 0) is 10.2 Å². The van der Waals surface area contributed by atoms with Gasteiger partial charge in [0.15, 0.2) is 0 Å². The predicted octanol–water partition coefficient (Wildman–Crippen LogP) is 2.07. The molecule has 3 N–H and O–H groups in total. The molecule has 0 aromatic heterocycles. The van der Waals surface area contributed by atoms with Gasteiger partial charge in [0.05, 0.1) is 13.2 Å². The minimum absolute atomic E-state index is 0.101. The van der Waals surface area contributed by atoms with Crippen LogP contribution in [0.4, 0.5) is 0 Å². The molecule has 0 heterocycles. The quantitative estimate of drug-likeness (QED) is 0.837. The molecule has 0 saturated carbocycles. The fraction of sp³-hybridized carbons (Fsp3) is 0.562. The molecule has 20 heavy (non-hydrogen) atoms. The van der Waals surface area contributed by atoms with Gasteiger partial charge in [-0.25, -0.2) is 0 Å². The van der Waals surface area contributed by atoms with E-state index in [2.05, 4.69) is 19.2 Å². The van der Waals surface area contributed by atoms with Crippen molar-refractivity contribution in [1.82, 2.24) is 5.32 Å². The normalized spacial score (nSPS) is 13.2. The summed E-state index contributed by atoms with van der Waals surface area (Å²) in [6, 6.07) is 7.44. The maximum Gasteiger partial charge on any atom is 0.237 e. The van der Waals surface area contributed by atoms with E-state index in [4.69, 9.17) is 10.5 Å². The van der Waals surface area contributed by atoms with Crippen LogP contribution in [0.5, 0.6) is 5.75 Å². The fourth-order valence-corrected chi connectivity index (χ4v) is 1.87. The van der Waals surface area contributed by atoms with E-state index in [1.807, 2.05) is 38.1 Å². The molecule has 0 saturated heterocycles. The number of ether oxygens (including phenoxy) is 1. The second-order valence-corrected chi connectivity index (χ2v) is 6.10. The van der Waals surface area contributed by atoms with Gasteiger partial charge in [-0.05, 0) is 23.6 Å². The van der Waals surface area contributed by atoms with Gasteiger partial charge in [0.1, 0.15) is 5.75 Å². The lowest BCUT2D eigenvalue weighted by Gasteiger charge is -2.27. The van der Waals surface area contributed by atoms with Crippen LogP contribution in [0.15, 0.2) is 24.3 Å². The lowest BCUT2D eigenvalue weighted by atomic mass is 9.84. The number of methoxy groups -OCH3 is 1. The molecule has 0 radical (unpaired) electrons. The Morgan fingerprint density at radius 2 is 2.05 bits per heavy atom. The summed E-state index contributed by atoms with van der Waals surface area (Å²) in [4.78, 5) is 11.9. The summed E-state index contributed by atoms with van der Waals surface area (Å²) < 4.78 is 5.24. The van der Waals surface area contributed by atoms with Gasteiger partial charge in [0, 0.05) is 12.0 Å². The van der Waals surface area contributed by atoms with E-state index in [0.717, 1.165) is 11.3 Å². The van der Waals surface area contributed by atoms with Gasteiger partial charge in [0.2, 0.25) is 5.91 Å². The number of rotatable bonds is 6. The van der Waals surface area contributed by atoms with Crippen molar-refractivity contribution in [3.8, 4) is 5.75 Å². The Balaban J connectivity index is 2.72. The standard InChI is InChI=1S/C16H26N2O2/c1-11(2)14(17)15(19)18-10-16(3,4)12-7-6-8-13(9-12)20-5/h6-9,11,14H,10,17H2,1-5H3,(H,18,19)/t14-/m0/s1. The van der Waals surface area contributed by atoms with Crippen molar-refractivity contribution >= 4 is 5.91 Å². The molecule has 1 amide bonds. The molecule has 0 fully saturated rings. The molecular formula is C16H26N2O2. The highest BCUT2D eigenvalue weighted by Gasteiger charge is 2.24. The zero-order chi connectivity index (χ0) is 15.3. The van der Waals surface area contributed by atoms with Crippen LogP contribution < -0.4 is 15.8 Å². The number of hydrogen-bond acceptors (Lipinski definition) is 3. The van der Waals surface area contributed by atoms with Crippen LogP contribution in [0.1, 0.15) is 33.3 Å². The molecule has 4 nitrogen and oxygen atoms in total. The van der Waals surface area contributed by atoms with Crippen LogP contribution in [0, 0.1) is 5.92 Å². The van der Waals surface area contributed by atoms with Crippen molar-refractivity contribution in [1.29, 1.82) is 0 Å². The Kier molecular flexibility index (Phi) is 5.57. The topological polar surface area (TPSA) is 64.3 Å². The minimum atomic E-state index is -0.462. The number of amides is 1. The monoisotopic (exact) mass is 278 g/mol. The van der Waals surface area contributed by atoms with E-state index in [0.29, 0.717) is 6.54 Å². The van der Waals surface area contributed by atoms with E-state index in [1.54, 1.807) is 7.11 Å². The third-order valence-electron chi connectivity index (χ3n) is 3.58. The second kappa shape index (κ2) is 6.75. The molecule has 0 bridgehead atoms. The Morgan fingerprint density at radius 3 is 2.60 bits per heavy atom. The molecule has 0 aliphatic rings. The number of nitrogens with one attached hydrogen (secondary N) is 1. The van der Waals surface area contributed by atoms with E-state index in [-0.39, 0.29) is 17.2 Å². The summed E-state index contributed by atoms with van der Waals surface area (Å²) in [5, 5.41) is 2.94. The van der Waals surface area contributed by atoms with Crippen molar-refractivity contribution in [3.63, 3.8) is 0 Å². The van der Waals surface area contributed by atoms with Crippen molar-refractivity contribution < 1.29 is 9.53 Å². The average Bonchev–Trinajstić information content (AvgIpc) is 2.43. The Bertz CT molecular complexity index is 456. The average molecular weight is 278 g/mol. The summed E-state index contributed by atoms with van der Waals surface area (Å²) in [6.45, 7) is 8.60. The third kappa shape index (κ3) is 4.23. The third-order valence-corrected chi connectivity index (χ3v) is 3.58. The smallest absolute Gasteiger partial charge is 0.237 e. The molecule has 1 atom stereocenters. The van der Waals surface area contributed by atoms with Crippen LogP contribution in [0.3, 0.4) is 0 Å². The molecule has 0 spiro atoms. The van der Waals surface area contributed by atoms with Crippen molar-refractivity contribution in [2.75, 3.05) is 13.7 Å². The summed E-state index contributed by atoms with van der Waals surface area (Å²) in [7, 11) is 1.65. The number of carbonyl (C=O) groups excluding carboxylic acids is 1. The molecular weight excluding hydrogens is 252 g/mol. The van der Waals surface area contributed by atoms with E-state index in [1.165, 1.54) is 0 Å². The maximum atomic E-state index is 11.9. The first-order chi connectivity index (χ1) is 9.27. The van der Waals surface area contributed by atoms with Crippen molar-refractivity contribution in [2.45, 2.75) is 39.2 Å². The van der Waals surface area contributed by atoms with Gasteiger partial charge in [0.25, 0.3) is 0 Å². The summed E-state index contributed by atoms with van der Waals surface area (Å²) in [6.07, 6.45) is 0.